The predicted molar refractivity (Wildman–Crippen MR) is 120 cm³/mol. The molecule has 0 saturated heterocycles. The van der Waals surface area contributed by atoms with Gasteiger partial charge in [-0.05, 0) is 42.1 Å². The summed E-state index contributed by atoms with van der Waals surface area (Å²) in [5.74, 6) is 0.316. The Kier molecular flexibility index (Phi) is 5.79. The van der Waals surface area contributed by atoms with E-state index < -0.39 is 10.8 Å². The fraction of sp³-hybridized carbons (Fsp3) is 0.273. The lowest BCUT2D eigenvalue weighted by Gasteiger charge is -2.29. The van der Waals surface area contributed by atoms with Gasteiger partial charge in [-0.3, -0.25) is 14.4 Å². The first-order valence-electron chi connectivity index (χ1n) is 9.91. The number of ether oxygens (including phenoxy) is 2. The zero-order chi connectivity index (χ0) is 22.9. The highest BCUT2D eigenvalue weighted by Crippen LogP contribution is 2.54. The van der Waals surface area contributed by atoms with Gasteiger partial charge in [-0.1, -0.05) is 18.2 Å². The minimum Gasteiger partial charge on any atom is -0.497 e. The summed E-state index contributed by atoms with van der Waals surface area (Å²) in [6.07, 6.45) is 0. The monoisotopic (exact) mass is 454 g/mol. The van der Waals surface area contributed by atoms with Crippen molar-refractivity contribution in [3.05, 3.63) is 54.1 Å². The lowest BCUT2D eigenvalue weighted by molar-refractivity contribution is -0.139. The number of rotatable bonds is 5. The molecule has 0 aromatic heterocycles. The number of hydrogen-bond acceptors (Lipinski definition) is 7. The van der Waals surface area contributed by atoms with Crippen molar-refractivity contribution < 1.29 is 23.9 Å². The molecule has 32 heavy (non-hydrogen) atoms. The molecular formula is C22H22N4O5S. The van der Waals surface area contributed by atoms with Crippen molar-refractivity contribution in [1.82, 2.24) is 10.3 Å². The fourth-order valence-electron chi connectivity index (χ4n) is 3.71. The molecule has 0 unspecified atom stereocenters. The maximum Gasteiger partial charge on any atom is 0.270 e. The molecule has 10 heteroatoms. The van der Waals surface area contributed by atoms with Crippen LogP contribution in [0.25, 0.3) is 0 Å². The van der Waals surface area contributed by atoms with E-state index in [1.165, 1.54) is 13.8 Å². The Balaban J connectivity index is 1.59. The molecule has 2 aliphatic rings. The van der Waals surface area contributed by atoms with Gasteiger partial charge in [0.05, 0.1) is 19.3 Å². The molecule has 0 saturated carbocycles. The van der Waals surface area contributed by atoms with Crippen molar-refractivity contribution >= 4 is 40.3 Å². The molecule has 0 aliphatic carbocycles. The Labute approximate surface area is 189 Å². The highest BCUT2D eigenvalue weighted by molar-refractivity contribution is 8.15. The number of carbonyl (C=O) groups is 3. The smallest absolute Gasteiger partial charge is 0.270 e. The maximum atomic E-state index is 13.7. The van der Waals surface area contributed by atoms with Crippen LogP contribution >= 0.6 is 11.8 Å². The van der Waals surface area contributed by atoms with E-state index in [1.807, 2.05) is 12.1 Å². The summed E-state index contributed by atoms with van der Waals surface area (Å²) in [4.78, 5) is 37.9. The molecule has 3 amide bonds. The van der Waals surface area contributed by atoms with Crippen LogP contribution in [0.2, 0.25) is 0 Å². The number of amides is 3. The second-order valence-electron chi connectivity index (χ2n) is 7.16. The number of nitrogens with zero attached hydrogens (tertiary/aromatic N) is 3. The van der Waals surface area contributed by atoms with E-state index in [0.29, 0.717) is 17.0 Å². The molecule has 0 fully saturated rings. The average Bonchev–Trinajstić information content (AvgIpc) is 3.26. The number of hydrazone groups is 1. The summed E-state index contributed by atoms with van der Waals surface area (Å²) in [7, 11) is 1.59. The number of amidine groups is 1. The van der Waals surface area contributed by atoms with Crippen LogP contribution in [0.1, 0.15) is 19.4 Å². The van der Waals surface area contributed by atoms with E-state index in [-0.39, 0.29) is 30.1 Å². The van der Waals surface area contributed by atoms with Crippen molar-refractivity contribution in [3.8, 4) is 11.5 Å². The Hall–Kier alpha value is -3.53. The van der Waals surface area contributed by atoms with Gasteiger partial charge in [0.1, 0.15) is 18.1 Å². The van der Waals surface area contributed by atoms with Crippen LogP contribution in [0, 0.1) is 0 Å². The van der Waals surface area contributed by atoms with Crippen molar-refractivity contribution in [2.24, 2.45) is 5.10 Å². The van der Waals surface area contributed by atoms with Gasteiger partial charge in [0.2, 0.25) is 16.7 Å². The molecule has 2 heterocycles. The van der Waals surface area contributed by atoms with Gasteiger partial charge in [-0.2, -0.15) is 5.01 Å². The summed E-state index contributed by atoms with van der Waals surface area (Å²) in [5.41, 5.74) is 1.31. The van der Waals surface area contributed by atoms with Gasteiger partial charge in [-0.25, -0.2) is 0 Å². The number of hydrogen-bond donors (Lipinski definition) is 1. The van der Waals surface area contributed by atoms with E-state index in [2.05, 4.69) is 10.4 Å². The SMILES string of the molecule is COc1ccc(OCCN2C(=O)[C@@]3(SC(NC(C)=O)=NN3C(C)=O)c3ccccc32)cc1. The van der Waals surface area contributed by atoms with Crippen molar-refractivity contribution in [3.63, 3.8) is 0 Å². The summed E-state index contributed by atoms with van der Waals surface area (Å²) in [6, 6.07) is 14.4. The van der Waals surface area contributed by atoms with Crippen LogP contribution in [0.15, 0.2) is 53.6 Å². The Morgan fingerprint density at radius 1 is 1.09 bits per heavy atom. The zero-order valence-electron chi connectivity index (χ0n) is 17.8. The Morgan fingerprint density at radius 2 is 1.78 bits per heavy atom. The number of thioether (sulfide) groups is 1. The third kappa shape index (κ3) is 3.66. The number of anilines is 1. The molecule has 1 atom stereocenters. The quantitative estimate of drug-likeness (QED) is 0.744. The van der Waals surface area contributed by atoms with E-state index in [4.69, 9.17) is 9.47 Å². The third-order valence-electron chi connectivity index (χ3n) is 5.05. The maximum absolute atomic E-state index is 13.7. The van der Waals surface area contributed by atoms with Crippen LogP contribution in [0.5, 0.6) is 11.5 Å². The molecule has 2 aliphatic heterocycles. The molecule has 1 N–H and O–H groups in total. The van der Waals surface area contributed by atoms with Crippen molar-refractivity contribution in [2.45, 2.75) is 18.7 Å². The number of methoxy groups -OCH3 is 1. The van der Waals surface area contributed by atoms with E-state index >= 15 is 0 Å². The Bertz CT molecular complexity index is 1100. The van der Waals surface area contributed by atoms with Crippen LogP contribution in [0.4, 0.5) is 5.69 Å². The normalized spacial score (nSPS) is 19.1. The van der Waals surface area contributed by atoms with Crippen molar-refractivity contribution in [2.75, 3.05) is 25.2 Å². The topological polar surface area (TPSA) is 101 Å². The first-order valence-corrected chi connectivity index (χ1v) is 10.7. The predicted octanol–water partition coefficient (Wildman–Crippen LogP) is 2.28. The van der Waals surface area contributed by atoms with Crippen molar-refractivity contribution in [1.29, 1.82) is 0 Å². The molecule has 9 nitrogen and oxygen atoms in total. The molecule has 4 rings (SSSR count). The second kappa shape index (κ2) is 8.54. The molecule has 0 radical (unpaired) electrons. The zero-order valence-corrected chi connectivity index (χ0v) is 18.6. The number of carbonyl (C=O) groups excluding carboxylic acids is 3. The average molecular weight is 455 g/mol. The summed E-state index contributed by atoms with van der Waals surface area (Å²) in [6.45, 7) is 3.20. The van der Waals surface area contributed by atoms with E-state index in [9.17, 15) is 14.4 Å². The number of benzene rings is 2. The number of para-hydroxylation sites is 1. The molecule has 1 spiro atoms. The first-order chi connectivity index (χ1) is 15.4. The highest BCUT2D eigenvalue weighted by Gasteiger charge is 2.61. The minimum atomic E-state index is -1.40. The van der Waals surface area contributed by atoms with Crippen LogP contribution in [0.3, 0.4) is 0 Å². The summed E-state index contributed by atoms with van der Waals surface area (Å²) < 4.78 is 11.0. The second-order valence-corrected chi connectivity index (χ2v) is 8.34. The summed E-state index contributed by atoms with van der Waals surface area (Å²) >= 11 is 1.05. The standard InChI is InChI=1S/C22H22N4O5S/c1-14(27)23-21-24-26(15(2)28)22(32-21)18-6-4-5-7-19(18)25(20(22)29)12-13-31-17-10-8-16(30-3)9-11-17/h4-11H,12-13H2,1-3H3,(H,23,24,27)/t22-/m0/s1. The minimum absolute atomic E-state index is 0.201. The van der Waals surface area contributed by atoms with Gasteiger partial charge in [0.15, 0.2) is 5.17 Å². The van der Waals surface area contributed by atoms with Gasteiger partial charge < -0.3 is 19.7 Å². The molecule has 0 bridgehead atoms. The van der Waals surface area contributed by atoms with E-state index in [0.717, 1.165) is 22.5 Å². The van der Waals surface area contributed by atoms with Gasteiger partial charge in [-0.15, -0.1) is 5.10 Å². The lowest BCUT2D eigenvalue weighted by atomic mass is 10.1. The third-order valence-corrected chi connectivity index (χ3v) is 6.29. The first kappa shape index (κ1) is 21.7. The number of nitrogens with one attached hydrogen (secondary N) is 1. The van der Waals surface area contributed by atoms with Crippen LogP contribution in [-0.4, -0.2) is 48.2 Å². The lowest BCUT2D eigenvalue weighted by Crippen LogP contribution is -2.49. The van der Waals surface area contributed by atoms with Gasteiger partial charge >= 0.3 is 0 Å². The molecule has 2 aromatic carbocycles. The fourth-order valence-corrected chi connectivity index (χ4v) is 5.05. The molecule has 2 aromatic rings. The van der Waals surface area contributed by atoms with Crippen LogP contribution in [-0.2, 0) is 19.3 Å². The van der Waals surface area contributed by atoms with E-state index in [1.54, 1.807) is 48.4 Å². The van der Waals surface area contributed by atoms with Crippen LogP contribution < -0.4 is 19.7 Å². The van der Waals surface area contributed by atoms with Gasteiger partial charge in [0, 0.05) is 19.4 Å². The summed E-state index contributed by atoms with van der Waals surface area (Å²) in [5, 5.41) is 8.17. The number of fused-ring (bicyclic) bond motifs is 2. The molecule has 166 valence electrons. The largest absolute Gasteiger partial charge is 0.497 e. The van der Waals surface area contributed by atoms with Gasteiger partial charge in [0.25, 0.3) is 5.91 Å². The highest BCUT2D eigenvalue weighted by atomic mass is 32.2. The molecular weight excluding hydrogens is 432 g/mol. The Morgan fingerprint density at radius 3 is 2.44 bits per heavy atom.